The molecular weight excluding hydrogens is 514 g/mol. The highest BCUT2D eigenvalue weighted by Gasteiger charge is 2.27. The second-order valence-corrected chi connectivity index (χ2v) is 11.3. The van der Waals surface area contributed by atoms with Crippen LogP contribution in [0.4, 0.5) is 11.4 Å². The minimum atomic E-state index is -0.615. The van der Waals surface area contributed by atoms with Crippen molar-refractivity contribution in [3.05, 3.63) is 45.6 Å². The molecule has 0 saturated carbocycles. The number of nitrogens with one attached hydrogen (secondary N) is 3. The summed E-state index contributed by atoms with van der Waals surface area (Å²) in [6.07, 6.45) is 1.86. The van der Waals surface area contributed by atoms with Crippen LogP contribution >= 0.6 is 22.9 Å². The van der Waals surface area contributed by atoms with Crippen LogP contribution in [0.1, 0.15) is 36.4 Å². The SMILES string of the molecule is CC(C)N1CCC(N[C@@H](CNC(=O)c2ccc(Cl)s2)C(=O)Nc2ccc(N3CCOCC3=O)cc2)CC1. The predicted molar refractivity (Wildman–Crippen MR) is 147 cm³/mol. The van der Waals surface area contributed by atoms with E-state index in [1.807, 2.05) is 12.1 Å². The van der Waals surface area contributed by atoms with Gasteiger partial charge in [0.2, 0.25) is 5.91 Å². The van der Waals surface area contributed by atoms with Crippen LogP contribution < -0.4 is 20.9 Å². The molecule has 37 heavy (non-hydrogen) atoms. The highest BCUT2D eigenvalue weighted by atomic mass is 35.5. The zero-order chi connectivity index (χ0) is 26.4. The van der Waals surface area contributed by atoms with E-state index < -0.39 is 6.04 Å². The quantitative estimate of drug-likeness (QED) is 0.446. The number of piperidine rings is 1. The van der Waals surface area contributed by atoms with Gasteiger partial charge in [-0.2, -0.15) is 0 Å². The van der Waals surface area contributed by atoms with Crippen molar-refractivity contribution in [2.45, 2.75) is 44.8 Å². The number of hydrogen-bond acceptors (Lipinski definition) is 7. The molecule has 0 aliphatic carbocycles. The summed E-state index contributed by atoms with van der Waals surface area (Å²) in [6.45, 7) is 7.53. The number of hydrogen-bond donors (Lipinski definition) is 3. The fourth-order valence-electron chi connectivity index (χ4n) is 4.56. The molecule has 200 valence electrons. The maximum absolute atomic E-state index is 13.3. The summed E-state index contributed by atoms with van der Waals surface area (Å²) in [4.78, 5) is 42.6. The first-order chi connectivity index (χ1) is 17.8. The maximum atomic E-state index is 13.3. The van der Waals surface area contributed by atoms with Gasteiger partial charge in [0, 0.05) is 36.5 Å². The minimum Gasteiger partial charge on any atom is -0.370 e. The highest BCUT2D eigenvalue weighted by Crippen LogP contribution is 2.22. The number of benzene rings is 1. The third-order valence-corrected chi connectivity index (χ3v) is 7.94. The Morgan fingerprint density at radius 1 is 1.11 bits per heavy atom. The van der Waals surface area contributed by atoms with Gasteiger partial charge >= 0.3 is 0 Å². The van der Waals surface area contributed by atoms with Crippen molar-refractivity contribution >= 4 is 52.0 Å². The van der Waals surface area contributed by atoms with Gasteiger partial charge in [0.1, 0.15) is 12.6 Å². The second-order valence-electron chi connectivity index (χ2n) is 9.57. The number of ether oxygens (including phenoxy) is 1. The number of anilines is 2. The first-order valence-electron chi connectivity index (χ1n) is 12.6. The van der Waals surface area contributed by atoms with Gasteiger partial charge in [-0.3, -0.25) is 14.4 Å². The number of carbonyl (C=O) groups is 3. The molecule has 11 heteroatoms. The van der Waals surface area contributed by atoms with Crippen molar-refractivity contribution in [1.82, 2.24) is 15.5 Å². The smallest absolute Gasteiger partial charge is 0.261 e. The average molecular weight is 548 g/mol. The van der Waals surface area contributed by atoms with Crippen LogP contribution in [0, 0.1) is 0 Å². The molecule has 2 aliphatic rings. The summed E-state index contributed by atoms with van der Waals surface area (Å²) in [5.74, 6) is -0.574. The zero-order valence-electron chi connectivity index (χ0n) is 21.2. The Balaban J connectivity index is 1.39. The van der Waals surface area contributed by atoms with Gasteiger partial charge in [-0.25, -0.2) is 0 Å². The Morgan fingerprint density at radius 2 is 1.84 bits per heavy atom. The van der Waals surface area contributed by atoms with Gasteiger partial charge in [0.05, 0.1) is 15.8 Å². The highest BCUT2D eigenvalue weighted by molar-refractivity contribution is 7.18. The van der Waals surface area contributed by atoms with Crippen molar-refractivity contribution < 1.29 is 19.1 Å². The van der Waals surface area contributed by atoms with E-state index in [0.29, 0.717) is 34.1 Å². The molecule has 0 bridgehead atoms. The zero-order valence-corrected chi connectivity index (χ0v) is 22.7. The van der Waals surface area contributed by atoms with E-state index >= 15 is 0 Å². The topological polar surface area (TPSA) is 103 Å². The average Bonchev–Trinajstić information content (AvgIpc) is 3.34. The summed E-state index contributed by atoms with van der Waals surface area (Å²) < 4.78 is 5.73. The van der Waals surface area contributed by atoms with E-state index in [-0.39, 0.29) is 36.9 Å². The van der Waals surface area contributed by atoms with Crippen molar-refractivity contribution in [2.75, 3.05) is 49.6 Å². The summed E-state index contributed by atoms with van der Waals surface area (Å²) in [5.41, 5.74) is 1.38. The Kier molecular flexibility index (Phi) is 9.55. The van der Waals surface area contributed by atoms with E-state index in [1.54, 1.807) is 29.2 Å². The van der Waals surface area contributed by atoms with Crippen LogP contribution in [-0.2, 0) is 14.3 Å². The van der Waals surface area contributed by atoms with Crippen LogP contribution in [0.3, 0.4) is 0 Å². The number of thiophene rings is 1. The number of amides is 3. The lowest BCUT2D eigenvalue weighted by molar-refractivity contribution is -0.125. The predicted octanol–water partition coefficient (Wildman–Crippen LogP) is 2.96. The van der Waals surface area contributed by atoms with Crippen molar-refractivity contribution in [3.63, 3.8) is 0 Å². The molecule has 1 aromatic carbocycles. The van der Waals surface area contributed by atoms with E-state index in [0.717, 1.165) is 31.6 Å². The monoisotopic (exact) mass is 547 g/mol. The number of nitrogens with zero attached hydrogens (tertiary/aromatic N) is 2. The van der Waals surface area contributed by atoms with Gasteiger partial charge in [-0.15, -0.1) is 11.3 Å². The van der Waals surface area contributed by atoms with Crippen LogP contribution in [0.2, 0.25) is 4.34 Å². The third-order valence-electron chi connectivity index (χ3n) is 6.71. The number of morpholine rings is 1. The molecule has 3 heterocycles. The lowest BCUT2D eigenvalue weighted by Crippen LogP contribution is -2.54. The van der Waals surface area contributed by atoms with Crippen LogP contribution in [0.5, 0.6) is 0 Å². The lowest BCUT2D eigenvalue weighted by Gasteiger charge is -2.36. The molecule has 2 saturated heterocycles. The van der Waals surface area contributed by atoms with Gasteiger partial charge in [0.15, 0.2) is 0 Å². The molecule has 3 amide bonds. The molecule has 4 rings (SSSR count). The molecule has 0 radical (unpaired) electrons. The molecule has 1 atom stereocenters. The minimum absolute atomic E-state index is 0.0747. The summed E-state index contributed by atoms with van der Waals surface area (Å²) in [6, 6.07) is 10.6. The normalized spacial score (nSPS) is 18.2. The summed E-state index contributed by atoms with van der Waals surface area (Å²) >= 11 is 7.17. The van der Waals surface area contributed by atoms with E-state index in [4.69, 9.17) is 16.3 Å². The molecule has 2 fully saturated rings. The number of likely N-dealkylation sites (tertiary alicyclic amines) is 1. The van der Waals surface area contributed by atoms with Crippen LogP contribution in [-0.4, -0.2) is 80.1 Å². The number of carbonyl (C=O) groups excluding carboxylic acids is 3. The first kappa shape index (κ1) is 27.5. The standard InChI is InChI=1S/C26H34ClN5O4S/c1-17(2)31-11-9-19(10-12-31)29-21(15-28-26(35)22-7-8-23(27)37-22)25(34)30-18-3-5-20(6-4-18)32-13-14-36-16-24(32)33/h3-8,17,19,21,29H,9-16H2,1-2H3,(H,28,35)(H,30,34)/t21-/m0/s1. The summed E-state index contributed by atoms with van der Waals surface area (Å²) in [5, 5.41) is 9.31. The Morgan fingerprint density at radius 3 is 2.46 bits per heavy atom. The molecule has 0 unspecified atom stereocenters. The van der Waals surface area contributed by atoms with Gasteiger partial charge in [-0.1, -0.05) is 11.6 Å². The van der Waals surface area contributed by atoms with Crippen molar-refractivity contribution in [1.29, 1.82) is 0 Å². The fourth-order valence-corrected chi connectivity index (χ4v) is 5.52. The molecule has 1 aromatic heterocycles. The Labute approximate surface area is 226 Å². The van der Waals surface area contributed by atoms with E-state index in [2.05, 4.69) is 34.7 Å². The molecular formula is C26H34ClN5O4S. The largest absolute Gasteiger partial charge is 0.370 e. The summed E-state index contributed by atoms with van der Waals surface area (Å²) in [7, 11) is 0. The van der Waals surface area contributed by atoms with Crippen LogP contribution in [0.25, 0.3) is 0 Å². The number of halogens is 1. The molecule has 3 N–H and O–H groups in total. The van der Waals surface area contributed by atoms with Crippen molar-refractivity contribution in [3.8, 4) is 0 Å². The Hall–Kier alpha value is -2.50. The Bertz CT molecular complexity index is 1080. The molecule has 2 aliphatic heterocycles. The van der Waals surface area contributed by atoms with Gasteiger partial charge in [-0.05, 0) is 76.2 Å². The lowest BCUT2D eigenvalue weighted by atomic mass is 10.0. The molecule has 9 nitrogen and oxygen atoms in total. The van der Waals surface area contributed by atoms with E-state index in [1.165, 1.54) is 11.3 Å². The number of rotatable bonds is 9. The third kappa shape index (κ3) is 7.52. The van der Waals surface area contributed by atoms with Crippen molar-refractivity contribution in [2.24, 2.45) is 0 Å². The first-order valence-corrected chi connectivity index (χ1v) is 13.8. The van der Waals surface area contributed by atoms with Gasteiger partial charge in [0.25, 0.3) is 11.8 Å². The van der Waals surface area contributed by atoms with Gasteiger partial charge < -0.3 is 30.5 Å². The fraction of sp³-hybridized carbons (Fsp3) is 0.500. The van der Waals surface area contributed by atoms with Crippen LogP contribution in [0.15, 0.2) is 36.4 Å². The maximum Gasteiger partial charge on any atom is 0.261 e. The molecule has 2 aromatic rings. The second kappa shape index (κ2) is 12.8. The molecule has 0 spiro atoms. The van der Waals surface area contributed by atoms with E-state index in [9.17, 15) is 14.4 Å².